The second-order valence-corrected chi connectivity index (χ2v) is 4.45. The lowest BCUT2D eigenvalue weighted by Crippen LogP contribution is -2.07. The third kappa shape index (κ3) is 2.80. The zero-order valence-electron chi connectivity index (χ0n) is 10.4. The van der Waals surface area contributed by atoms with Crippen LogP contribution in [-0.4, -0.2) is 16.2 Å². The number of pyridine rings is 1. The minimum absolute atomic E-state index is 0.0490. The van der Waals surface area contributed by atoms with Crippen LogP contribution in [0, 0.1) is 12.7 Å². The van der Waals surface area contributed by atoms with Gasteiger partial charge in [-0.1, -0.05) is 17.7 Å². The molecule has 0 saturated heterocycles. The maximum atomic E-state index is 13.9. The van der Waals surface area contributed by atoms with Crippen LogP contribution in [-0.2, 0) is 0 Å². The number of carbonyl (C=O) groups is 1. The van der Waals surface area contributed by atoms with Crippen molar-refractivity contribution in [3.05, 3.63) is 40.7 Å². The number of nitrogen functional groups attached to an aromatic ring is 1. The number of nitrogens with zero attached hydrogens (tertiary/aromatic N) is 1. The summed E-state index contributed by atoms with van der Waals surface area (Å²) in [7, 11) is 0. The number of aromatic nitrogens is 1. The van der Waals surface area contributed by atoms with Crippen molar-refractivity contribution >= 4 is 23.4 Å². The number of aryl methyl sites for hydroxylation is 1. The fourth-order valence-corrected chi connectivity index (χ4v) is 1.78. The fraction of sp³-hybridized carbons (Fsp3) is 0.0769. The van der Waals surface area contributed by atoms with Crippen molar-refractivity contribution in [2.24, 2.45) is 0 Å². The minimum atomic E-state index is -1.58. The number of ether oxygens (including phenoxy) is 1. The predicted molar refractivity (Wildman–Crippen MR) is 72.4 cm³/mol. The molecule has 0 aliphatic rings. The van der Waals surface area contributed by atoms with Crippen molar-refractivity contribution in [2.75, 3.05) is 5.73 Å². The van der Waals surface area contributed by atoms with Crippen molar-refractivity contribution in [1.29, 1.82) is 0 Å². The first-order valence-corrected chi connectivity index (χ1v) is 5.89. The Kier molecular flexibility index (Phi) is 3.76. The van der Waals surface area contributed by atoms with Crippen LogP contribution in [0.5, 0.6) is 5.88 Å². The maximum Gasteiger partial charge on any atom is 0.512 e. The number of hydrogen-bond donors (Lipinski definition) is 2. The molecule has 3 N–H and O–H groups in total. The monoisotopic (exact) mass is 296 g/mol. The molecule has 5 nitrogen and oxygen atoms in total. The molecule has 0 fully saturated rings. The average molecular weight is 297 g/mol. The smallest absolute Gasteiger partial charge is 0.449 e. The summed E-state index contributed by atoms with van der Waals surface area (Å²) in [5, 5.41) is 8.46. The number of anilines is 1. The normalized spacial score (nSPS) is 10.3. The van der Waals surface area contributed by atoms with E-state index in [4.69, 9.17) is 22.4 Å². The van der Waals surface area contributed by atoms with Gasteiger partial charge in [0.1, 0.15) is 10.8 Å². The summed E-state index contributed by atoms with van der Waals surface area (Å²) in [6.07, 6.45) is -1.58. The summed E-state index contributed by atoms with van der Waals surface area (Å²) < 4.78 is 18.3. The standard InChI is InChI=1S/C13H10ClFN2O3/c1-6-2-3-7(8(15)4-6)10-5-9(16)11(14)12(17-10)20-13(18)19/h2-5H,1H3,(H2,16,17)(H,18,19). The second kappa shape index (κ2) is 5.34. The number of benzene rings is 1. The average Bonchev–Trinajstić information content (AvgIpc) is 2.34. The van der Waals surface area contributed by atoms with E-state index in [-0.39, 0.29) is 27.8 Å². The van der Waals surface area contributed by atoms with Crippen LogP contribution in [0.15, 0.2) is 24.3 Å². The molecule has 0 bridgehead atoms. The van der Waals surface area contributed by atoms with E-state index in [1.165, 1.54) is 18.2 Å². The molecular formula is C13H10ClFN2O3. The summed E-state index contributed by atoms with van der Waals surface area (Å²) in [5.74, 6) is -0.880. The lowest BCUT2D eigenvalue weighted by Gasteiger charge is -2.09. The quantitative estimate of drug-likeness (QED) is 0.829. The molecule has 0 unspecified atom stereocenters. The predicted octanol–water partition coefficient (Wildman–Crippen LogP) is 3.49. The summed E-state index contributed by atoms with van der Waals surface area (Å²) in [4.78, 5) is 14.4. The van der Waals surface area contributed by atoms with Gasteiger partial charge in [-0.2, -0.15) is 0 Å². The summed E-state index contributed by atoms with van der Waals surface area (Å²) >= 11 is 5.79. The van der Waals surface area contributed by atoms with Gasteiger partial charge in [-0.15, -0.1) is 0 Å². The molecule has 0 saturated carbocycles. The molecule has 0 aliphatic heterocycles. The van der Waals surface area contributed by atoms with Gasteiger partial charge >= 0.3 is 6.16 Å². The van der Waals surface area contributed by atoms with Crippen LogP contribution >= 0.6 is 11.6 Å². The van der Waals surface area contributed by atoms with E-state index in [9.17, 15) is 9.18 Å². The molecule has 0 spiro atoms. The van der Waals surface area contributed by atoms with Crippen molar-refractivity contribution in [1.82, 2.24) is 4.98 Å². The SMILES string of the molecule is Cc1ccc(-c2cc(N)c(Cl)c(OC(=O)O)n2)c(F)c1. The van der Waals surface area contributed by atoms with Gasteiger partial charge in [0.15, 0.2) is 0 Å². The van der Waals surface area contributed by atoms with E-state index in [1.54, 1.807) is 13.0 Å². The lowest BCUT2D eigenvalue weighted by molar-refractivity contribution is 0.142. The lowest BCUT2D eigenvalue weighted by atomic mass is 10.1. The van der Waals surface area contributed by atoms with Gasteiger partial charge in [-0.05, 0) is 30.7 Å². The highest BCUT2D eigenvalue weighted by atomic mass is 35.5. The molecule has 7 heteroatoms. The van der Waals surface area contributed by atoms with Crippen LogP contribution in [0.4, 0.5) is 14.9 Å². The van der Waals surface area contributed by atoms with E-state index in [1.807, 2.05) is 0 Å². The number of halogens is 2. The number of hydrogen-bond acceptors (Lipinski definition) is 4. The first-order chi connectivity index (χ1) is 9.38. The van der Waals surface area contributed by atoms with Gasteiger partial charge in [-0.3, -0.25) is 0 Å². The van der Waals surface area contributed by atoms with Crippen molar-refractivity contribution in [3.8, 4) is 17.1 Å². The minimum Gasteiger partial charge on any atom is -0.449 e. The topological polar surface area (TPSA) is 85.4 Å². The van der Waals surface area contributed by atoms with Gasteiger partial charge < -0.3 is 15.6 Å². The Labute approximate surface area is 118 Å². The van der Waals surface area contributed by atoms with Crippen LogP contribution < -0.4 is 10.5 Å². The van der Waals surface area contributed by atoms with Crippen LogP contribution in [0.3, 0.4) is 0 Å². The Bertz CT molecular complexity index is 692. The van der Waals surface area contributed by atoms with Gasteiger partial charge in [0.25, 0.3) is 0 Å². The van der Waals surface area contributed by atoms with E-state index < -0.39 is 12.0 Å². The molecule has 0 aliphatic carbocycles. The second-order valence-electron chi connectivity index (χ2n) is 4.07. The van der Waals surface area contributed by atoms with E-state index in [0.717, 1.165) is 5.56 Å². The molecular weight excluding hydrogens is 287 g/mol. The van der Waals surface area contributed by atoms with Gasteiger partial charge in [0, 0.05) is 5.56 Å². The molecule has 0 atom stereocenters. The Hall–Kier alpha value is -2.34. The zero-order chi connectivity index (χ0) is 14.9. The van der Waals surface area contributed by atoms with Crippen LogP contribution in [0.1, 0.15) is 5.56 Å². The highest BCUT2D eigenvalue weighted by Crippen LogP contribution is 2.33. The van der Waals surface area contributed by atoms with Crippen molar-refractivity contribution < 1.29 is 19.0 Å². The van der Waals surface area contributed by atoms with Gasteiger partial charge in [0.2, 0.25) is 5.88 Å². The molecule has 2 rings (SSSR count). The van der Waals surface area contributed by atoms with E-state index in [0.29, 0.717) is 0 Å². The molecule has 1 heterocycles. The highest BCUT2D eigenvalue weighted by Gasteiger charge is 2.16. The first kappa shape index (κ1) is 14.1. The van der Waals surface area contributed by atoms with E-state index in [2.05, 4.69) is 9.72 Å². The van der Waals surface area contributed by atoms with E-state index >= 15 is 0 Å². The first-order valence-electron chi connectivity index (χ1n) is 5.52. The molecule has 0 amide bonds. The summed E-state index contributed by atoms with van der Waals surface area (Å²) in [5.41, 5.74) is 6.76. The van der Waals surface area contributed by atoms with Crippen molar-refractivity contribution in [2.45, 2.75) is 6.92 Å². The van der Waals surface area contributed by atoms with Crippen molar-refractivity contribution in [3.63, 3.8) is 0 Å². The summed E-state index contributed by atoms with van der Waals surface area (Å²) in [6.45, 7) is 1.75. The highest BCUT2D eigenvalue weighted by molar-refractivity contribution is 6.34. The van der Waals surface area contributed by atoms with Crippen LogP contribution in [0.25, 0.3) is 11.3 Å². The number of rotatable bonds is 2. The molecule has 2 aromatic rings. The molecule has 1 aromatic heterocycles. The number of carboxylic acid groups (broad SMARTS) is 1. The number of nitrogens with two attached hydrogens (primary N) is 1. The maximum absolute atomic E-state index is 13.9. The van der Waals surface area contributed by atoms with Gasteiger partial charge in [0.05, 0.1) is 11.4 Å². The Morgan fingerprint density at radius 3 is 2.75 bits per heavy atom. The molecule has 20 heavy (non-hydrogen) atoms. The Morgan fingerprint density at radius 1 is 1.45 bits per heavy atom. The third-order valence-electron chi connectivity index (χ3n) is 2.54. The molecule has 0 radical (unpaired) electrons. The molecule has 1 aromatic carbocycles. The molecule has 104 valence electrons. The third-order valence-corrected chi connectivity index (χ3v) is 2.92. The largest absolute Gasteiger partial charge is 0.512 e. The van der Waals surface area contributed by atoms with Gasteiger partial charge in [-0.25, -0.2) is 14.2 Å². The fourth-order valence-electron chi connectivity index (χ4n) is 1.64. The summed E-state index contributed by atoms with van der Waals surface area (Å²) in [6, 6.07) is 5.90. The van der Waals surface area contributed by atoms with Crippen LogP contribution in [0.2, 0.25) is 5.02 Å². The Balaban J connectivity index is 2.57. The zero-order valence-corrected chi connectivity index (χ0v) is 11.1. The Morgan fingerprint density at radius 2 is 2.15 bits per heavy atom.